The second-order valence-corrected chi connectivity index (χ2v) is 9.70. The number of carbonyl (C=O) groups excluding carboxylic acids is 1. The number of nitrogens with zero attached hydrogens (tertiary/aromatic N) is 1. The summed E-state index contributed by atoms with van der Waals surface area (Å²) in [5.41, 5.74) is 2.33. The Morgan fingerprint density at radius 3 is 2.23 bits per heavy atom. The number of hydrogen-bond acceptors (Lipinski definition) is 5. The monoisotopic (exact) mass is 498 g/mol. The molecule has 0 fully saturated rings. The summed E-state index contributed by atoms with van der Waals surface area (Å²) in [5.74, 6) is 0.482. The van der Waals surface area contributed by atoms with Gasteiger partial charge in [0.1, 0.15) is 5.82 Å². The largest absolute Gasteiger partial charge is 0.490 e. The van der Waals surface area contributed by atoms with Gasteiger partial charge in [-0.15, -0.1) is 0 Å². The van der Waals surface area contributed by atoms with E-state index in [4.69, 9.17) is 9.47 Å². The zero-order valence-electron chi connectivity index (χ0n) is 19.6. The number of carbonyl (C=O) groups is 1. The predicted molar refractivity (Wildman–Crippen MR) is 131 cm³/mol. The minimum atomic E-state index is -4.00. The normalized spacial score (nSPS) is 13.2. The first-order valence-corrected chi connectivity index (χ1v) is 12.9. The van der Waals surface area contributed by atoms with Gasteiger partial charge < -0.3 is 14.4 Å². The second kappa shape index (κ2) is 10.4. The van der Waals surface area contributed by atoms with E-state index >= 15 is 0 Å². The Hall–Kier alpha value is -3.59. The van der Waals surface area contributed by atoms with Crippen molar-refractivity contribution in [3.8, 4) is 11.5 Å². The van der Waals surface area contributed by atoms with E-state index in [0.717, 1.165) is 11.1 Å². The van der Waals surface area contributed by atoms with Gasteiger partial charge in [-0.1, -0.05) is 12.1 Å². The highest BCUT2D eigenvalue weighted by atomic mass is 32.2. The van der Waals surface area contributed by atoms with Crippen LogP contribution in [-0.2, 0) is 23.0 Å². The van der Waals surface area contributed by atoms with Crippen LogP contribution < -0.4 is 14.2 Å². The molecule has 0 saturated heterocycles. The van der Waals surface area contributed by atoms with Crippen LogP contribution in [0.4, 0.5) is 10.1 Å². The number of halogens is 1. The van der Waals surface area contributed by atoms with Gasteiger partial charge in [-0.05, 0) is 79.9 Å². The maximum atomic E-state index is 13.9. The van der Waals surface area contributed by atoms with Gasteiger partial charge in [0.2, 0.25) is 0 Å². The van der Waals surface area contributed by atoms with Crippen LogP contribution >= 0.6 is 0 Å². The molecule has 1 heterocycles. The van der Waals surface area contributed by atoms with Crippen LogP contribution in [-0.4, -0.2) is 39.0 Å². The SMILES string of the molecule is CCOc1cc2c(cc1OCC)CN(C(=O)c1ccc(S(=O)(=O)Nc3ccccc3F)cc1)CC2. The zero-order chi connectivity index (χ0) is 25.0. The molecule has 3 aromatic rings. The molecule has 0 aliphatic carbocycles. The fraction of sp³-hybridized carbons (Fsp3) is 0.269. The zero-order valence-corrected chi connectivity index (χ0v) is 20.4. The molecule has 0 bridgehead atoms. The number of fused-ring (bicyclic) bond motifs is 1. The van der Waals surface area contributed by atoms with Crippen LogP contribution in [0.1, 0.15) is 35.3 Å². The Bertz CT molecular complexity index is 1330. The van der Waals surface area contributed by atoms with Crippen molar-refractivity contribution in [3.05, 3.63) is 83.2 Å². The number of para-hydroxylation sites is 1. The van der Waals surface area contributed by atoms with E-state index in [1.165, 1.54) is 48.5 Å². The number of benzene rings is 3. The highest BCUT2D eigenvalue weighted by Gasteiger charge is 2.25. The summed E-state index contributed by atoms with van der Waals surface area (Å²) in [5, 5.41) is 0. The van der Waals surface area contributed by atoms with E-state index in [-0.39, 0.29) is 16.5 Å². The van der Waals surface area contributed by atoms with E-state index < -0.39 is 15.8 Å². The Morgan fingerprint density at radius 2 is 1.60 bits per heavy atom. The third-order valence-electron chi connectivity index (χ3n) is 5.69. The summed E-state index contributed by atoms with van der Waals surface area (Å²) in [6, 6.07) is 15.1. The highest BCUT2D eigenvalue weighted by Crippen LogP contribution is 2.34. The number of ether oxygens (including phenoxy) is 2. The van der Waals surface area contributed by atoms with Gasteiger partial charge in [0.05, 0.1) is 23.8 Å². The molecule has 0 unspecified atom stereocenters. The van der Waals surface area contributed by atoms with Gasteiger partial charge >= 0.3 is 0 Å². The average Bonchev–Trinajstić information content (AvgIpc) is 2.85. The lowest BCUT2D eigenvalue weighted by molar-refractivity contribution is 0.0734. The van der Waals surface area contributed by atoms with Gasteiger partial charge in [0, 0.05) is 18.7 Å². The summed E-state index contributed by atoms with van der Waals surface area (Å²) in [6.45, 7) is 5.80. The molecule has 4 rings (SSSR count). The van der Waals surface area contributed by atoms with Crippen molar-refractivity contribution in [2.75, 3.05) is 24.5 Å². The summed E-state index contributed by atoms with van der Waals surface area (Å²) in [6.07, 6.45) is 0.673. The van der Waals surface area contributed by atoms with Gasteiger partial charge in [-0.3, -0.25) is 9.52 Å². The minimum Gasteiger partial charge on any atom is -0.490 e. The lowest BCUT2D eigenvalue weighted by Crippen LogP contribution is -2.36. The van der Waals surface area contributed by atoms with Crippen LogP contribution in [0.3, 0.4) is 0 Å². The van der Waals surface area contributed by atoms with Crippen molar-refractivity contribution in [1.29, 1.82) is 0 Å². The lowest BCUT2D eigenvalue weighted by Gasteiger charge is -2.30. The molecule has 0 saturated carbocycles. The van der Waals surface area contributed by atoms with Crippen molar-refractivity contribution in [3.63, 3.8) is 0 Å². The van der Waals surface area contributed by atoms with Crippen molar-refractivity contribution in [2.24, 2.45) is 0 Å². The molecule has 0 radical (unpaired) electrons. The molecule has 9 heteroatoms. The molecule has 1 aliphatic rings. The van der Waals surface area contributed by atoms with Gasteiger partial charge in [0.15, 0.2) is 11.5 Å². The van der Waals surface area contributed by atoms with Gasteiger partial charge in [-0.2, -0.15) is 0 Å². The number of rotatable bonds is 8. The van der Waals surface area contributed by atoms with Crippen molar-refractivity contribution in [1.82, 2.24) is 4.90 Å². The van der Waals surface area contributed by atoms with Crippen LogP contribution in [0.2, 0.25) is 0 Å². The summed E-state index contributed by atoms with van der Waals surface area (Å²) >= 11 is 0. The van der Waals surface area contributed by atoms with Gasteiger partial charge in [-0.25, -0.2) is 12.8 Å². The molecule has 0 spiro atoms. The summed E-state index contributed by atoms with van der Waals surface area (Å²) in [7, 11) is -4.00. The van der Waals surface area contributed by atoms with Crippen LogP contribution in [0.15, 0.2) is 65.6 Å². The van der Waals surface area contributed by atoms with E-state index in [1.807, 2.05) is 26.0 Å². The standard InChI is InChI=1S/C26H27FN2O5S/c1-3-33-24-15-19-13-14-29(17-20(19)16-25(24)34-4-2)26(30)18-9-11-21(12-10-18)35(31,32)28-23-8-6-5-7-22(23)27/h5-12,15-16,28H,3-4,13-14,17H2,1-2H3. The smallest absolute Gasteiger partial charge is 0.261 e. The maximum Gasteiger partial charge on any atom is 0.261 e. The fourth-order valence-electron chi connectivity index (χ4n) is 3.98. The molecule has 3 aromatic carbocycles. The lowest BCUT2D eigenvalue weighted by atomic mass is 9.98. The first-order valence-electron chi connectivity index (χ1n) is 11.4. The predicted octanol–water partition coefficient (Wildman–Crippen LogP) is 4.62. The van der Waals surface area contributed by atoms with E-state index in [1.54, 1.807) is 4.90 Å². The van der Waals surface area contributed by atoms with E-state index in [0.29, 0.717) is 49.8 Å². The molecular formula is C26H27FN2O5S. The Labute approximate surface area is 204 Å². The van der Waals surface area contributed by atoms with Crippen LogP contribution in [0, 0.1) is 5.82 Å². The van der Waals surface area contributed by atoms with Crippen LogP contribution in [0.25, 0.3) is 0 Å². The number of hydrogen-bond donors (Lipinski definition) is 1. The van der Waals surface area contributed by atoms with Crippen LogP contribution in [0.5, 0.6) is 11.5 Å². The number of amides is 1. The van der Waals surface area contributed by atoms with Crippen molar-refractivity contribution >= 4 is 21.6 Å². The molecule has 184 valence electrons. The summed E-state index contributed by atoms with van der Waals surface area (Å²) in [4.78, 5) is 14.8. The number of sulfonamides is 1. The topological polar surface area (TPSA) is 84.9 Å². The maximum absolute atomic E-state index is 13.9. The quantitative estimate of drug-likeness (QED) is 0.490. The Kier molecular flexibility index (Phi) is 7.25. The highest BCUT2D eigenvalue weighted by molar-refractivity contribution is 7.92. The first-order chi connectivity index (χ1) is 16.8. The Balaban J connectivity index is 1.50. The molecule has 35 heavy (non-hydrogen) atoms. The molecular weight excluding hydrogens is 471 g/mol. The first kappa shape index (κ1) is 24.5. The third kappa shape index (κ3) is 5.40. The van der Waals surface area contributed by atoms with E-state index in [9.17, 15) is 17.6 Å². The number of anilines is 1. The van der Waals surface area contributed by atoms with Gasteiger partial charge in [0.25, 0.3) is 15.9 Å². The molecule has 0 atom stereocenters. The Morgan fingerprint density at radius 1 is 0.971 bits per heavy atom. The van der Waals surface area contributed by atoms with Crippen molar-refractivity contribution in [2.45, 2.75) is 31.7 Å². The fourth-order valence-corrected chi connectivity index (χ4v) is 5.05. The number of nitrogens with one attached hydrogen (secondary N) is 1. The molecule has 1 N–H and O–H groups in total. The van der Waals surface area contributed by atoms with E-state index in [2.05, 4.69) is 4.72 Å². The minimum absolute atomic E-state index is 0.0638. The van der Waals surface area contributed by atoms with Crippen molar-refractivity contribution < 1.29 is 27.1 Å². The molecule has 0 aromatic heterocycles. The molecule has 1 amide bonds. The summed E-state index contributed by atoms with van der Waals surface area (Å²) < 4.78 is 52.8. The third-order valence-corrected chi connectivity index (χ3v) is 7.08. The molecule has 1 aliphatic heterocycles. The second-order valence-electron chi connectivity index (χ2n) is 8.02. The molecule has 7 nitrogen and oxygen atoms in total. The average molecular weight is 499 g/mol.